The maximum absolute atomic E-state index is 12.3. The van der Waals surface area contributed by atoms with Gasteiger partial charge in [-0.2, -0.15) is 10.2 Å². The van der Waals surface area contributed by atoms with Crippen LogP contribution in [0.4, 0.5) is 0 Å². The molecule has 1 aromatic carbocycles. The molecule has 6 nitrogen and oxygen atoms in total. The van der Waals surface area contributed by atoms with Gasteiger partial charge in [-0.05, 0) is 39.0 Å². The Bertz CT molecular complexity index is 888. The molecular weight excluding hydrogens is 316 g/mol. The van der Waals surface area contributed by atoms with Gasteiger partial charge in [0.1, 0.15) is 5.76 Å². The van der Waals surface area contributed by atoms with E-state index in [0.29, 0.717) is 30.1 Å². The molecule has 6 heteroatoms. The predicted octanol–water partition coefficient (Wildman–Crippen LogP) is 3.03. The summed E-state index contributed by atoms with van der Waals surface area (Å²) in [6, 6.07) is 11.5. The summed E-state index contributed by atoms with van der Waals surface area (Å²) in [6.45, 7) is 5.94. The normalized spacial score (nSPS) is 10.7. The molecule has 0 unspecified atom stereocenters. The van der Waals surface area contributed by atoms with Gasteiger partial charge < -0.3 is 9.73 Å². The molecule has 2 heterocycles. The zero-order valence-corrected chi connectivity index (χ0v) is 14.5. The Morgan fingerprint density at radius 2 is 1.88 bits per heavy atom. The number of oxazole rings is 1. The minimum Gasteiger partial charge on any atom is -0.441 e. The summed E-state index contributed by atoms with van der Waals surface area (Å²) in [4.78, 5) is 16.8. The van der Waals surface area contributed by atoms with E-state index >= 15 is 0 Å². The van der Waals surface area contributed by atoms with Crippen molar-refractivity contribution in [3.8, 4) is 11.5 Å². The van der Waals surface area contributed by atoms with Crippen LogP contribution in [0.5, 0.6) is 0 Å². The molecular formula is C19H20N4O2. The first-order valence-corrected chi connectivity index (χ1v) is 8.15. The van der Waals surface area contributed by atoms with E-state index in [2.05, 4.69) is 20.5 Å². The summed E-state index contributed by atoms with van der Waals surface area (Å²) in [6.07, 6.45) is 0.602. The Morgan fingerprint density at radius 3 is 2.64 bits per heavy atom. The highest BCUT2D eigenvalue weighted by atomic mass is 16.4. The highest BCUT2D eigenvalue weighted by Crippen LogP contribution is 2.21. The standard InChI is InChI=1S/C19H20N4O2/c1-12-11-16(13(2)23-22-12)18(24)20-10-9-17-14(3)25-19(21-17)15-7-5-4-6-8-15/h4-8,11H,9-10H2,1-3H3,(H,20,24). The molecule has 0 aliphatic heterocycles. The summed E-state index contributed by atoms with van der Waals surface area (Å²) in [7, 11) is 0. The van der Waals surface area contributed by atoms with E-state index in [4.69, 9.17) is 4.42 Å². The lowest BCUT2D eigenvalue weighted by Crippen LogP contribution is -2.27. The van der Waals surface area contributed by atoms with Gasteiger partial charge in [0.25, 0.3) is 5.91 Å². The zero-order chi connectivity index (χ0) is 17.8. The van der Waals surface area contributed by atoms with Crippen LogP contribution in [0, 0.1) is 20.8 Å². The Morgan fingerprint density at radius 1 is 1.12 bits per heavy atom. The lowest BCUT2D eigenvalue weighted by atomic mass is 10.2. The molecule has 0 saturated heterocycles. The van der Waals surface area contributed by atoms with E-state index in [1.807, 2.05) is 44.2 Å². The summed E-state index contributed by atoms with van der Waals surface area (Å²) in [5, 5.41) is 10.8. The molecule has 25 heavy (non-hydrogen) atoms. The highest BCUT2D eigenvalue weighted by Gasteiger charge is 2.13. The van der Waals surface area contributed by atoms with Gasteiger partial charge in [0, 0.05) is 18.5 Å². The van der Waals surface area contributed by atoms with Crippen molar-refractivity contribution in [2.75, 3.05) is 6.54 Å². The quantitative estimate of drug-likeness (QED) is 0.774. The molecule has 128 valence electrons. The molecule has 3 rings (SSSR count). The van der Waals surface area contributed by atoms with Crippen LogP contribution in [-0.4, -0.2) is 27.6 Å². The third-order valence-corrected chi connectivity index (χ3v) is 3.91. The molecule has 0 aliphatic rings. The first-order valence-electron chi connectivity index (χ1n) is 8.15. The number of amides is 1. The lowest BCUT2D eigenvalue weighted by Gasteiger charge is -2.06. The number of nitrogens with zero attached hydrogens (tertiary/aromatic N) is 3. The second kappa shape index (κ2) is 7.25. The van der Waals surface area contributed by atoms with E-state index in [0.717, 1.165) is 22.7 Å². The summed E-state index contributed by atoms with van der Waals surface area (Å²) in [5.41, 5.74) is 3.67. The molecule has 0 spiro atoms. The second-order valence-corrected chi connectivity index (χ2v) is 5.88. The van der Waals surface area contributed by atoms with Gasteiger partial charge in [-0.15, -0.1) is 0 Å². The van der Waals surface area contributed by atoms with Crippen molar-refractivity contribution >= 4 is 5.91 Å². The van der Waals surface area contributed by atoms with Crippen LogP contribution < -0.4 is 5.32 Å². The maximum atomic E-state index is 12.3. The smallest absolute Gasteiger partial charge is 0.253 e. The molecule has 0 radical (unpaired) electrons. The predicted molar refractivity (Wildman–Crippen MR) is 94.2 cm³/mol. The lowest BCUT2D eigenvalue weighted by molar-refractivity contribution is 0.0952. The molecule has 2 aromatic heterocycles. The van der Waals surface area contributed by atoms with Crippen LogP contribution in [0.1, 0.15) is 33.2 Å². The van der Waals surface area contributed by atoms with Crippen molar-refractivity contribution in [1.29, 1.82) is 0 Å². The van der Waals surface area contributed by atoms with Crippen molar-refractivity contribution in [3.63, 3.8) is 0 Å². The number of hydrogen-bond donors (Lipinski definition) is 1. The van der Waals surface area contributed by atoms with Crippen LogP contribution in [0.2, 0.25) is 0 Å². The molecule has 1 amide bonds. The Kier molecular flexibility index (Phi) is 4.88. The molecule has 0 saturated carbocycles. The van der Waals surface area contributed by atoms with E-state index in [-0.39, 0.29) is 5.91 Å². The van der Waals surface area contributed by atoms with E-state index in [1.54, 1.807) is 13.0 Å². The molecule has 0 bridgehead atoms. The number of nitrogens with one attached hydrogen (secondary N) is 1. The van der Waals surface area contributed by atoms with Crippen molar-refractivity contribution in [2.45, 2.75) is 27.2 Å². The molecule has 0 atom stereocenters. The van der Waals surface area contributed by atoms with Crippen molar-refractivity contribution < 1.29 is 9.21 Å². The number of rotatable bonds is 5. The van der Waals surface area contributed by atoms with Crippen LogP contribution in [0.15, 0.2) is 40.8 Å². The van der Waals surface area contributed by atoms with Crippen molar-refractivity contribution in [2.24, 2.45) is 0 Å². The average Bonchev–Trinajstić information content (AvgIpc) is 2.98. The number of benzene rings is 1. The number of hydrogen-bond acceptors (Lipinski definition) is 5. The summed E-state index contributed by atoms with van der Waals surface area (Å²) in [5.74, 6) is 1.22. The van der Waals surface area contributed by atoms with Crippen LogP contribution in [0.25, 0.3) is 11.5 Å². The summed E-state index contributed by atoms with van der Waals surface area (Å²) >= 11 is 0. The van der Waals surface area contributed by atoms with Gasteiger partial charge in [-0.25, -0.2) is 4.98 Å². The Hall–Kier alpha value is -3.02. The number of carbonyl (C=O) groups is 1. The van der Waals surface area contributed by atoms with E-state index in [1.165, 1.54) is 0 Å². The monoisotopic (exact) mass is 336 g/mol. The van der Waals surface area contributed by atoms with Crippen LogP contribution in [-0.2, 0) is 6.42 Å². The fourth-order valence-electron chi connectivity index (χ4n) is 2.53. The number of aromatic nitrogens is 3. The largest absolute Gasteiger partial charge is 0.441 e. The average molecular weight is 336 g/mol. The third kappa shape index (κ3) is 3.91. The fourth-order valence-corrected chi connectivity index (χ4v) is 2.53. The van der Waals surface area contributed by atoms with Gasteiger partial charge in [0.15, 0.2) is 0 Å². The molecule has 0 fully saturated rings. The van der Waals surface area contributed by atoms with Gasteiger partial charge in [-0.3, -0.25) is 4.79 Å². The first-order chi connectivity index (χ1) is 12.0. The molecule has 3 aromatic rings. The minimum absolute atomic E-state index is 0.153. The van der Waals surface area contributed by atoms with Crippen LogP contribution in [0.3, 0.4) is 0 Å². The molecule has 1 N–H and O–H groups in total. The SMILES string of the molecule is Cc1cc(C(=O)NCCc2nc(-c3ccccc3)oc2C)c(C)nn1. The number of carbonyl (C=O) groups excluding carboxylic acids is 1. The van der Waals surface area contributed by atoms with Crippen LogP contribution >= 0.6 is 0 Å². The van der Waals surface area contributed by atoms with Gasteiger partial charge >= 0.3 is 0 Å². The fraction of sp³-hybridized carbons (Fsp3) is 0.263. The van der Waals surface area contributed by atoms with Crippen molar-refractivity contribution in [3.05, 3.63) is 64.8 Å². The minimum atomic E-state index is -0.153. The Labute approximate surface area is 146 Å². The zero-order valence-electron chi connectivity index (χ0n) is 14.5. The molecule has 0 aliphatic carbocycles. The van der Waals surface area contributed by atoms with E-state index in [9.17, 15) is 4.79 Å². The van der Waals surface area contributed by atoms with Crippen molar-refractivity contribution in [1.82, 2.24) is 20.5 Å². The first kappa shape index (κ1) is 16.8. The van der Waals surface area contributed by atoms with Gasteiger partial charge in [-0.1, -0.05) is 18.2 Å². The number of aryl methyl sites for hydroxylation is 3. The highest BCUT2D eigenvalue weighted by molar-refractivity contribution is 5.95. The van der Waals surface area contributed by atoms with E-state index < -0.39 is 0 Å². The Balaban J connectivity index is 1.63. The topological polar surface area (TPSA) is 80.9 Å². The maximum Gasteiger partial charge on any atom is 0.253 e. The van der Waals surface area contributed by atoms with Gasteiger partial charge in [0.05, 0.1) is 22.6 Å². The third-order valence-electron chi connectivity index (χ3n) is 3.91. The van der Waals surface area contributed by atoms with Gasteiger partial charge in [0.2, 0.25) is 5.89 Å². The summed E-state index contributed by atoms with van der Waals surface area (Å²) < 4.78 is 5.74. The second-order valence-electron chi connectivity index (χ2n) is 5.88.